The number of nitrogens with zero attached hydrogens (tertiary/aromatic N) is 1. The third-order valence-corrected chi connectivity index (χ3v) is 4.31. The predicted octanol–water partition coefficient (Wildman–Crippen LogP) is 2.05. The van der Waals surface area contributed by atoms with Crippen LogP contribution in [0.15, 0.2) is 0 Å². The van der Waals surface area contributed by atoms with E-state index in [2.05, 4.69) is 18.3 Å². The van der Waals surface area contributed by atoms with Crippen LogP contribution in [0.5, 0.6) is 5.75 Å². The predicted molar refractivity (Wildman–Crippen MR) is 72.0 cm³/mol. The van der Waals surface area contributed by atoms with E-state index in [1.165, 1.54) is 11.3 Å². The minimum atomic E-state index is 0.274. The molecule has 0 radical (unpaired) electrons. The SMILES string of the molecule is COc1c(NCC2CCOC2C)sc(C#N)c1N. The van der Waals surface area contributed by atoms with Crippen molar-refractivity contribution >= 4 is 22.0 Å². The van der Waals surface area contributed by atoms with Gasteiger partial charge in [0.15, 0.2) is 5.75 Å². The fourth-order valence-corrected chi connectivity index (χ4v) is 2.99. The molecule has 0 amide bonds. The van der Waals surface area contributed by atoms with Crippen LogP contribution in [0.1, 0.15) is 18.2 Å². The minimum Gasteiger partial charge on any atom is -0.492 e. The van der Waals surface area contributed by atoms with Gasteiger partial charge in [-0.05, 0) is 13.3 Å². The molecule has 0 bridgehead atoms. The molecule has 1 aliphatic heterocycles. The van der Waals surface area contributed by atoms with E-state index in [0.717, 1.165) is 24.6 Å². The number of nitrogen functional groups attached to an aromatic ring is 1. The fraction of sp³-hybridized carbons (Fsp3) is 0.583. The zero-order valence-electron chi connectivity index (χ0n) is 10.5. The van der Waals surface area contributed by atoms with Gasteiger partial charge in [0.05, 0.1) is 13.2 Å². The summed E-state index contributed by atoms with van der Waals surface area (Å²) >= 11 is 1.33. The molecule has 18 heavy (non-hydrogen) atoms. The van der Waals surface area contributed by atoms with Crippen molar-refractivity contribution in [2.24, 2.45) is 5.92 Å². The Morgan fingerprint density at radius 2 is 2.44 bits per heavy atom. The molecule has 2 unspecified atom stereocenters. The highest BCUT2D eigenvalue weighted by molar-refractivity contribution is 7.17. The minimum absolute atomic E-state index is 0.274. The lowest BCUT2D eigenvalue weighted by molar-refractivity contribution is 0.108. The molecule has 2 atom stereocenters. The summed E-state index contributed by atoms with van der Waals surface area (Å²) in [5, 5.41) is 13.1. The van der Waals surface area contributed by atoms with Gasteiger partial charge in [-0.3, -0.25) is 0 Å². The maximum atomic E-state index is 8.95. The van der Waals surface area contributed by atoms with Crippen molar-refractivity contribution in [3.8, 4) is 11.8 Å². The van der Waals surface area contributed by atoms with E-state index < -0.39 is 0 Å². The number of nitrogens with one attached hydrogen (secondary N) is 1. The second kappa shape index (κ2) is 5.46. The van der Waals surface area contributed by atoms with E-state index in [9.17, 15) is 0 Å². The monoisotopic (exact) mass is 267 g/mol. The Bertz CT molecular complexity index is 467. The number of anilines is 2. The van der Waals surface area contributed by atoms with E-state index in [1.54, 1.807) is 7.11 Å². The van der Waals surface area contributed by atoms with Gasteiger partial charge in [-0.2, -0.15) is 5.26 Å². The summed E-state index contributed by atoms with van der Waals surface area (Å²) in [4.78, 5) is 0.491. The van der Waals surface area contributed by atoms with Crippen LogP contribution >= 0.6 is 11.3 Å². The number of rotatable bonds is 4. The van der Waals surface area contributed by atoms with Gasteiger partial charge in [-0.25, -0.2) is 0 Å². The molecule has 0 aliphatic carbocycles. The number of hydrogen-bond donors (Lipinski definition) is 2. The summed E-state index contributed by atoms with van der Waals surface area (Å²) < 4.78 is 10.8. The van der Waals surface area contributed by atoms with Gasteiger partial charge in [0, 0.05) is 19.1 Å². The number of thiophene rings is 1. The number of ether oxygens (including phenoxy) is 2. The summed E-state index contributed by atoms with van der Waals surface area (Å²) in [6.07, 6.45) is 1.33. The van der Waals surface area contributed by atoms with Crippen molar-refractivity contribution in [2.45, 2.75) is 19.4 Å². The van der Waals surface area contributed by atoms with Crippen molar-refractivity contribution in [1.82, 2.24) is 0 Å². The summed E-state index contributed by atoms with van der Waals surface area (Å²) in [5.74, 6) is 1.06. The van der Waals surface area contributed by atoms with Crippen LogP contribution in [0, 0.1) is 17.2 Å². The van der Waals surface area contributed by atoms with Gasteiger partial charge in [0.2, 0.25) is 0 Å². The molecule has 2 rings (SSSR count). The highest BCUT2D eigenvalue weighted by atomic mass is 32.1. The Balaban J connectivity index is 2.07. The number of nitrogens with two attached hydrogens (primary N) is 1. The van der Waals surface area contributed by atoms with Gasteiger partial charge in [0.25, 0.3) is 0 Å². The molecule has 1 saturated heterocycles. The van der Waals surface area contributed by atoms with Gasteiger partial charge in [0.1, 0.15) is 21.6 Å². The Kier molecular flexibility index (Phi) is 3.94. The van der Waals surface area contributed by atoms with Gasteiger partial charge in [-0.1, -0.05) is 0 Å². The molecule has 1 fully saturated rings. The summed E-state index contributed by atoms with van der Waals surface area (Å²) in [7, 11) is 1.56. The molecule has 1 aromatic rings. The fourth-order valence-electron chi connectivity index (χ4n) is 2.10. The second-order valence-electron chi connectivity index (χ2n) is 4.32. The van der Waals surface area contributed by atoms with Crippen LogP contribution in [0.3, 0.4) is 0 Å². The molecule has 98 valence electrons. The average molecular weight is 267 g/mol. The lowest BCUT2D eigenvalue weighted by Crippen LogP contribution is -2.20. The first kappa shape index (κ1) is 13.0. The lowest BCUT2D eigenvalue weighted by Gasteiger charge is -2.15. The largest absolute Gasteiger partial charge is 0.492 e. The van der Waals surface area contributed by atoms with Crippen molar-refractivity contribution in [3.63, 3.8) is 0 Å². The Morgan fingerprint density at radius 3 is 3.00 bits per heavy atom. The van der Waals surface area contributed by atoms with Crippen LogP contribution in [0.4, 0.5) is 10.7 Å². The molecule has 0 saturated carbocycles. The normalized spacial score (nSPS) is 22.7. The smallest absolute Gasteiger partial charge is 0.177 e. The summed E-state index contributed by atoms with van der Waals surface area (Å²) in [5.41, 5.74) is 6.25. The standard InChI is InChI=1S/C12H17N3O2S/c1-7-8(3-4-17-7)6-15-12-11(16-2)10(14)9(5-13)18-12/h7-8,15H,3-4,6,14H2,1-2H3. The number of methoxy groups -OCH3 is 1. The Morgan fingerprint density at radius 1 is 1.67 bits per heavy atom. The molecule has 0 aromatic carbocycles. The Hall–Kier alpha value is -1.45. The highest BCUT2D eigenvalue weighted by Crippen LogP contribution is 2.42. The topological polar surface area (TPSA) is 80.3 Å². The van der Waals surface area contributed by atoms with Gasteiger partial charge < -0.3 is 20.5 Å². The average Bonchev–Trinajstić information content (AvgIpc) is 2.90. The first-order valence-electron chi connectivity index (χ1n) is 5.89. The van der Waals surface area contributed by atoms with Crippen molar-refractivity contribution < 1.29 is 9.47 Å². The van der Waals surface area contributed by atoms with Crippen LogP contribution in [-0.4, -0.2) is 26.4 Å². The van der Waals surface area contributed by atoms with E-state index in [4.69, 9.17) is 20.5 Å². The van der Waals surface area contributed by atoms with Crippen molar-refractivity contribution in [1.29, 1.82) is 5.26 Å². The molecule has 0 spiro atoms. The van der Waals surface area contributed by atoms with Crippen LogP contribution < -0.4 is 15.8 Å². The number of hydrogen-bond acceptors (Lipinski definition) is 6. The molecule has 1 aliphatic rings. The number of nitriles is 1. The highest BCUT2D eigenvalue weighted by Gasteiger charge is 2.25. The van der Waals surface area contributed by atoms with Crippen LogP contribution in [0.2, 0.25) is 0 Å². The van der Waals surface area contributed by atoms with E-state index in [1.807, 2.05) is 0 Å². The molecular weight excluding hydrogens is 250 g/mol. The maximum absolute atomic E-state index is 8.95. The maximum Gasteiger partial charge on any atom is 0.177 e. The van der Waals surface area contributed by atoms with Crippen molar-refractivity contribution in [3.05, 3.63) is 4.88 Å². The van der Waals surface area contributed by atoms with Gasteiger partial charge in [-0.15, -0.1) is 11.3 Å². The van der Waals surface area contributed by atoms with E-state index in [-0.39, 0.29) is 6.10 Å². The molecule has 3 N–H and O–H groups in total. The Labute approximate surface area is 110 Å². The van der Waals surface area contributed by atoms with Crippen LogP contribution in [0.25, 0.3) is 0 Å². The first-order valence-corrected chi connectivity index (χ1v) is 6.70. The first-order chi connectivity index (χ1) is 8.67. The molecule has 1 aromatic heterocycles. The van der Waals surface area contributed by atoms with E-state index in [0.29, 0.717) is 22.2 Å². The zero-order chi connectivity index (χ0) is 13.1. The van der Waals surface area contributed by atoms with E-state index >= 15 is 0 Å². The van der Waals surface area contributed by atoms with Crippen molar-refractivity contribution in [2.75, 3.05) is 31.3 Å². The lowest BCUT2D eigenvalue weighted by atomic mass is 10.0. The molecule has 5 nitrogen and oxygen atoms in total. The quantitative estimate of drug-likeness (QED) is 0.872. The van der Waals surface area contributed by atoms with Crippen LogP contribution in [-0.2, 0) is 4.74 Å². The van der Waals surface area contributed by atoms with Gasteiger partial charge >= 0.3 is 0 Å². The third-order valence-electron chi connectivity index (χ3n) is 3.26. The summed E-state index contributed by atoms with van der Waals surface area (Å²) in [6.45, 7) is 3.71. The zero-order valence-corrected chi connectivity index (χ0v) is 11.3. The third kappa shape index (κ3) is 2.37. The summed E-state index contributed by atoms with van der Waals surface area (Å²) in [6, 6.07) is 2.08. The second-order valence-corrected chi connectivity index (χ2v) is 5.35. The molecular formula is C12H17N3O2S. The molecule has 6 heteroatoms. The molecule has 2 heterocycles.